The van der Waals surface area contributed by atoms with Crippen LogP contribution in [-0.4, -0.2) is 44.4 Å². The molecule has 1 aliphatic rings. The first-order chi connectivity index (χ1) is 11.1. The highest BCUT2D eigenvalue weighted by atomic mass is 35.5. The lowest BCUT2D eigenvalue weighted by molar-refractivity contribution is -0.139. The topological polar surface area (TPSA) is 82.1 Å². The highest BCUT2D eigenvalue weighted by Gasteiger charge is 2.38. The molecular weight excluding hydrogens is 316 g/mol. The van der Waals surface area contributed by atoms with Crippen LogP contribution >= 0.6 is 11.6 Å². The van der Waals surface area contributed by atoms with E-state index >= 15 is 0 Å². The Hall–Kier alpha value is -1.92. The van der Waals surface area contributed by atoms with E-state index in [1.807, 2.05) is 24.3 Å². The molecule has 122 valence electrons. The zero-order valence-corrected chi connectivity index (χ0v) is 13.5. The van der Waals surface area contributed by atoms with Crippen molar-refractivity contribution in [3.63, 3.8) is 0 Å². The summed E-state index contributed by atoms with van der Waals surface area (Å²) in [6.07, 6.45) is 3.92. The minimum absolute atomic E-state index is 0.0431. The Morgan fingerprint density at radius 3 is 2.87 bits per heavy atom. The van der Waals surface area contributed by atoms with E-state index in [0.717, 1.165) is 12.0 Å². The molecule has 1 atom stereocenters. The average Bonchev–Trinajstić information content (AvgIpc) is 3.09. The van der Waals surface area contributed by atoms with Gasteiger partial charge in [-0.2, -0.15) is 15.4 Å². The fourth-order valence-corrected chi connectivity index (χ4v) is 3.07. The Balaban J connectivity index is 1.60. The lowest BCUT2D eigenvalue weighted by atomic mass is 9.90. The molecule has 1 fully saturated rings. The number of nitrogens with one attached hydrogen (secondary N) is 1. The second-order valence-corrected chi connectivity index (χ2v) is 6.37. The summed E-state index contributed by atoms with van der Waals surface area (Å²) >= 11 is 5.86. The quantitative estimate of drug-likeness (QED) is 0.894. The summed E-state index contributed by atoms with van der Waals surface area (Å²) in [4.78, 5) is 14.2. The molecule has 7 heteroatoms. The maximum Gasteiger partial charge on any atom is 0.223 e. The molecule has 6 nitrogen and oxygen atoms in total. The summed E-state index contributed by atoms with van der Waals surface area (Å²) in [5, 5.41) is 21.7. The van der Waals surface area contributed by atoms with Crippen molar-refractivity contribution in [1.82, 2.24) is 20.3 Å². The molecule has 0 spiro atoms. The van der Waals surface area contributed by atoms with Gasteiger partial charge in [-0.1, -0.05) is 23.7 Å². The van der Waals surface area contributed by atoms with Crippen molar-refractivity contribution >= 4 is 17.5 Å². The number of piperidine rings is 1. The summed E-state index contributed by atoms with van der Waals surface area (Å²) in [5.41, 5.74) is 0.459. The summed E-state index contributed by atoms with van der Waals surface area (Å²) in [7, 11) is 0. The number of aryl methyl sites for hydroxylation is 1. The number of aromatic amines is 1. The largest absolute Gasteiger partial charge is 0.382 e. The molecule has 2 N–H and O–H groups in total. The average molecular weight is 335 g/mol. The number of carbonyl (C=O) groups excluding carboxylic acids is 1. The zero-order valence-electron chi connectivity index (χ0n) is 12.7. The molecule has 0 saturated carbocycles. The van der Waals surface area contributed by atoms with E-state index in [-0.39, 0.29) is 12.5 Å². The highest BCUT2D eigenvalue weighted by molar-refractivity contribution is 6.30. The molecule has 1 aromatic carbocycles. The molecule has 1 aromatic heterocycles. The van der Waals surface area contributed by atoms with E-state index in [0.29, 0.717) is 36.5 Å². The van der Waals surface area contributed by atoms with Gasteiger partial charge < -0.3 is 10.0 Å². The fourth-order valence-electron chi connectivity index (χ4n) is 2.94. The third-order valence-electron chi connectivity index (χ3n) is 4.26. The maximum atomic E-state index is 12.4. The van der Waals surface area contributed by atoms with Crippen molar-refractivity contribution < 1.29 is 9.90 Å². The predicted octanol–water partition coefficient (Wildman–Crippen LogP) is 1.90. The first-order valence-corrected chi connectivity index (χ1v) is 8.05. The summed E-state index contributed by atoms with van der Waals surface area (Å²) in [6, 6.07) is 7.51. The number of carbonyl (C=O) groups is 1. The number of likely N-dealkylation sites (tertiary alicyclic amines) is 1. The Morgan fingerprint density at radius 1 is 1.39 bits per heavy atom. The Morgan fingerprint density at radius 2 is 2.17 bits per heavy atom. The maximum absolute atomic E-state index is 12.4. The molecule has 0 unspecified atom stereocenters. The number of aliphatic hydroxyl groups is 1. The standard InChI is InChI=1S/C16H19ClN4O2/c17-13-5-2-12(3-6-13)4-7-15(22)21-9-1-8-16(23,11-21)14-10-18-20-19-14/h2-3,5-6,10,23H,1,4,7-9,11H2,(H,18,19,20)/t16-/m1/s1. The van der Waals surface area contributed by atoms with Gasteiger partial charge in [0.05, 0.1) is 12.7 Å². The van der Waals surface area contributed by atoms with Crippen molar-refractivity contribution in [1.29, 1.82) is 0 Å². The van der Waals surface area contributed by atoms with Crippen LogP contribution in [0.4, 0.5) is 0 Å². The molecule has 1 aliphatic heterocycles. The number of β-amino-alcohol motifs (C(OH)–C–C–N with tert-alkyl or cyclic N) is 1. The number of amides is 1. The Labute approximate surface area is 139 Å². The molecule has 23 heavy (non-hydrogen) atoms. The number of nitrogens with zero attached hydrogens (tertiary/aromatic N) is 3. The second-order valence-electron chi connectivity index (χ2n) is 5.93. The van der Waals surface area contributed by atoms with Crippen LogP contribution in [0.1, 0.15) is 30.5 Å². The van der Waals surface area contributed by atoms with Crippen molar-refractivity contribution in [3.05, 3.63) is 46.7 Å². The van der Waals surface area contributed by atoms with Gasteiger partial charge in [0, 0.05) is 18.0 Å². The molecule has 1 saturated heterocycles. The van der Waals surface area contributed by atoms with Crippen LogP contribution in [0.25, 0.3) is 0 Å². The van der Waals surface area contributed by atoms with E-state index in [1.165, 1.54) is 6.20 Å². The molecule has 2 heterocycles. The van der Waals surface area contributed by atoms with Crippen LogP contribution in [0.15, 0.2) is 30.5 Å². The van der Waals surface area contributed by atoms with Crippen molar-refractivity contribution in [3.8, 4) is 0 Å². The normalized spacial score (nSPS) is 21.4. The van der Waals surface area contributed by atoms with Gasteiger partial charge >= 0.3 is 0 Å². The van der Waals surface area contributed by atoms with Crippen LogP contribution in [0.5, 0.6) is 0 Å². The number of aromatic nitrogens is 3. The van der Waals surface area contributed by atoms with Crippen LogP contribution in [0.3, 0.4) is 0 Å². The van der Waals surface area contributed by atoms with Crippen molar-refractivity contribution in [2.24, 2.45) is 0 Å². The molecular formula is C16H19ClN4O2. The van der Waals surface area contributed by atoms with Gasteiger partial charge in [0.2, 0.25) is 5.91 Å². The molecule has 0 radical (unpaired) electrons. The number of benzene rings is 1. The molecule has 1 amide bonds. The minimum Gasteiger partial charge on any atom is -0.382 e. The van der Waals surface area contributed by atoms with Gasteiger partial charge in [0.15, 0.2) is 0 Å². The van der Waals surface area contributed by atoms with Crippen molar-refractivity contribution in [2.75, 3.05) is 13.1 Å². The summed E-state index contributed by atoms with van der Waals surface area (Å²) < 4.78 is 0. The van der Waals surface area contributed by atoms with Gasteiger partial charge in [-0.3, -0.25) is 4.79 Å². The third kappa shape index (κ3) is 3.71. The third-order valence-corrected chi connectivity index (χ3v) is 4.51. The van der Waals surface area contributed by atoms with E-state index < -0.39 is 5.60 Å². The monoisotopic (exact) mass is 334 g/mol. The highest BCUT2D eigenvalue weighted by Crippen LogP contribution is 2.30. The van der Waals surface area contributed by atoms with E-state index in [2.05, 4.69) is 15.4 Å². The number of halogens is 1. The lowest BCUT2D eigenvalue weighted by Gasteiger charge is -2.38. The number of hydrogen-bond acceptors (Lipinski definition) is 4. The zero-order chi connectivity index (χ0) is 16.3. The molecule has 3 rings (SSSR count). The molecule has 0 bridgehead atoms. The van der Waals surface area contributed by atoms with E-state index in [1.54, 1.807) is 4.90 Å². The SMILES string of the molecule is O=C(CCc1ccc(Cl)cc1)N1CCC[C@](O)(c2cn[nH]n2)C1. The van der Waals surface area contributed by atoms with Crippen LogP contribution in [-0.2, 0) is 16.8 Å². The molecule has 0 aliphatic carbocycles. The van der Waals surface area contributed by atoms with Gasteiger partial charge in [-0.15, -0.1) is 0 Å². The first-order valence-electron chi connectivity index (χ1n) is 7.68. The minimum atomic E-state index is -1.11. The number of hydrogen-bond donors (Lipinski definition) is 2. The Kier molecular flexibility index (Phi) is 4.63. The summed E-state index contributed by atoms with van der Waals surface area (Å²) in [5.74, 6) is 0.0431. The van der Waals surface area contributed by atoms with Gasteiger partial charge in [-0.05, 0) is 37.0 Å². The smallest absolute Gasteiger partial charge is 0.223 e. The number of rotatable bonds is 4. The van der Waals surface area contributed by atoms with E-state index in [4.69, 9.17) is 11.6 Å². The fraction of sp³-hybridized carbons (Fsp3) is 0.438. The lowest BCUT2D eigenvalue weighted by Crippen LogP contribution is -2.48. The van der Waals surface area contributed by atoms with Crippen LogP contribution in [0, 0.1) is 0 Å². The van der Waals surface area contributed by atoms with E-state index in [9.17, 15) is 9.90 Å². The second kappa shape index (κ2) is 6.68. The predicted molar refractivity (Wildman–Crippen MR) is 85.9 cm³/mol. The Bertz CT molecular complexity index is 659. The van der Waals surface area contributed by atoms with Crippen LogP contribution in [0.2, 0.25) is 5.02 Å². The number of H-pyrrole nitrogens is 1. The molecule has 2 aromatic rings. The first kappa shape index (κ1) is 16.0. The van der Waals surface area contributed by atoms with Gasteiger partial charge in [0.25, 0.3) is 0 Å². The summed E-state index contributed by atoms with van der Waals surface area (Å²) in [6.45, 7) is 0.929. The van der Waals surface area contributed by atoms with Crippen LogP contribution < -0.4 is 0 Å². The van der Waals surface area contributed by atoms with Gasteiger partial charge in [0.1, 0.15) is 11.3 Å². The van der Waals surface area contributed by atoms with Crippen molar-refractivity contribution in [2.45, 2.75) is 31.3 Å². The van der Waals surface area contributed by atoms with Gasteiger partial charge in [-0.25, -0.2) is 0 Å².